The first-order valence-corrected chi connectivity index (χ1v) is 5.65. The van der Waals surface area contributed by atoms with Gasteiger partial charge in [0.25, 0.3) is 0 Å². The predicted molar refractivity (Wildman–Crippen MR) is 68.9 cm³/mol. The molecule has 19 heavy (non-hydrogen) atoms. The molecule has 2 aromatic rings. The summed E-state index contributed by atoms with van der Waals surface area (Å²) in [6.45, 7) is 0. The number of carboxylic acid groups (broad SMARTS) is 1. The summed E-state index contributed by atoms with van der Waals surface area (Å²) in [4.78, 5) is 26.5. The van der Waals surface area contributed by atoms with E-state index in [9.17, 15) is 9.59 Å². The van der Waals surface area contributed by atoms with Gasteiger partial charge in [0.2, 0.25) is 5.91 Å². The number of carbonyl (C=O) groups excluding carboxylic acids is 1. The van der Waals surface area contributed by atoms with Crippen LogP contribution in [-0.2, 0) is 18.3 Å². The van der Waals surface area contributed by atoms with Gasteiger partial charge in [-0.1, -0.05) is 0 Å². The molecule has 0 aliphatic heterocycles. The molecule has 2 N–H and O–H groups in total. The van der Waals surface area contributed by atoms with Gasteiger partial charge in [0, 0.05) is 25.1 Å². The second-order valence-corrected chi connectivity index (χ2v) is 4.06. The average Bonchev–Trinajstić information content (AvgIpc) is 2.75. The van der Waals surface area contributed by atoms with E-state index in [2.05, 4.69) is 10.3 Å². The van der Waals surface area contributed by atoms with Crippen molar-refractivity contribution in [1.82, 2.24) is 9.55 Å². The molecular weight excluding hydrogens is 246 g/mol. The molecule has 1 aromatic carbocycles. The van der Waals surface area contributed by atoms with Crippen molar-refractivity contribution in [2.24, 2.45) is 7.05 Å². The molecule has 1 amide bonds. The molecule has 0 spiro atoms. The lowest BCUT2D eigenvalue weighted by atomic mass is 10.2. The molecule has 0 saturated carbocycles. The summed E-state index contributed by atoms with van der Waals surface area (Å²) < 4.78 is 1.77. The number of carbonyl (C=O) groups is 2. The molecule has 6 heteroatoms. The van der Waals surface area contributed by atoms with Crippen molar-refractivity contribution in [3.8, 4) is 0 Å². The van der Waals surface area contributed by atoms with E-state index in [-0.39, 0.29) is 17.9 Å². The monoisotopic (exact) mass is 259 g/mol. The molecule has 1 aromatic heterocycles. The third-order valence-electron chi connectivity index (χ3n) is 2.66. The zero-order chi connectivity index (χ0) is 13.8. The number of amides is 1. The van der Waals surface area contributed by atoms with Crippen molar-refractivity contribution in [2.45, 2.75) is 6.42 Å². The lowest BCUT2D eigenvalue weighted by molar-refractivity contribution is -0.115. The van der Waals surface area contributed by atoms with Crippen LogP contribution in [0.5, 0.6) is 0 Å². The highest BCUT2D eigenvalue weighted by molar-refractivity contribution is 5.93. The minimum Gasteiger partial charge on any atom is -0.478 e. The number of benzene rings is 1. The van der Waals surface area contributed by atoms with Crippen LogP contribution in [0.3, 0.4) is 0 Å². The second kappa shape index (κ2) is 5.34. The van der Waals surface area contributed by atoms with Crippen molar-refractivity contribution in [3.05, 3.63) is 48.0 Å². The van der Waals surface area contributed by atoms with Crippen LogP contribution in [0, 0.1) is 0 Å². The highest BCUT2D eigenvalue weighted by Gasteiger charge is 2.08. The van der Waals surface area contributed by atoms with Crippen LogP contribution >= 0.6 is 0 Å². The van der Waals surface area contributed by atoms with Gasteiger partial charge >= 0.3 is 5.97 Å². The number of aryl methyl sites for hydroxylation is 1. The van der Waals surface area contributed by atoms with Crippen molar-refractivity contribution in [1.29, 1.82) is 0 Å². The molecule has 0 unspecified atom stereocenters. The molecule has 0 aliphatic rings. The van der Waals surface area contributed by atoms with Gasteiger partial charge in [-0.25, -0.2) is 9.78 Å². The van der Waals surface area contributed by atoms with Crippen molar-refractivity contribution in [3.63, 3.8) is 0 Å². The van der Waals surface area contributed by atoms with Crippen molar-refractivity contribution in [2.75, 3.05) is 5.32 Å². The zero-order valence-corrected chi connectivity index (χ0v) is 10.3. The molecule has 0 fully saturated rings. The number of aromatic nitrogens is 2. The largest absolute Gasteiger partial charge is 0.478 e. The number of nitrogens with zero attached hydrogens (tertiary/aromatic N) is 2. The molecule has 0 atom stereocenters. The second-order valence-electron chi connectivity index (χ2n) is 4.06. The van der Waals surface area contributed by atoms with Crippen LogP contribution in [-0.4, -0.2) is 26.5 Å². The quantitative estimate of drug-likeness (QED) is 0.866. The van der Waals surface area contributed by atoms with Gasteiger partial charge in [-0.3, -0.25) is 4.79 Å². The minimum absolute atomic E-state index is 0.171. The molecule has 2 rings (SSSR count). The van der Waals surface area contributed by atoms with Gasteiger partial charge in [0.15, 0.2) is 0 Å². The maximum absolute atomic E-state index is 11.8. The molecule has 0 radical (unpaired) electrons. The van der Waals surface area contributed by atoms with Crippen LogP contribution in [0.1, 0.15) is 16.2 Å². The SMILES string of the molecule is Cn1ccnc1CC(=O)Nc1ccc(C(=O)O)cc1. The van der Waals surface area contributed by atoms with Gasteiger partial charge in [0.05, 0.1) is 12.0 Å². The molecular formula is C13H13N3O3. The maximum atomic E-state index is 11.8. The minimum atomic E-state index is -0.995. The molecule has 0 aliphatic carbocycles. The summed E-state index contributed by atoms with van der Waals surface area (Å²) in [5.74, 6) is -0.525. The number of hydrogen-bond acceptors (Lipinski definition) is 3. The Hall–Kier alpha value is -2.63. The Kier molecular flexibility index (Phi) is 3.61. The summed E-state index contributed by atoms with van der Waals surface area (Å²) >= 11 is 0. The number of aromatic carboxylic acids is 1. The van der Waals surface area contributed by atoms with E-state index in [1.165, 1.54) is 12.1 Å². The molecule has 0 bridgehead atoms. The molecule has 1 heterocycles. The summed E-state index contributed by atoms with van der Waals surface area (Å²) in [5.41, 5.74) is 0.742. The van der Waals surface area contributed by atoms with E-state index >= 15 is 0 Å². The Morgan fingerprint density at radius 2 is 2.00 bits per heavy atom. The number of hydrogen-bond donors (Lipinski definition) is 2. The van der Waals surface area contributed by atoms with E-state index < -0.39 is 5.97 Å². The van der Waals surface area contributed by atoms with Gasteiger partial charge in [-0.05, 0) is 24.3 Å². The molecule has 0 saturated heterocycles. The van der Waals surface area contributed by atoms with Crippen molar-refractivity contribution < 1.29 is 14.7 Å². The third-order valence-corrected chi connectivity index (χ3v) is 2.66. The van der Waals surface area contributed by atoms with Crippen LogP contribution in [0.2, 0.25) is 0 Å². The van der Waals surface area contributed by atoms with E-state index in [1.807, 2.05) is 7.05 Å². The lowest BCUT2D eigenvalue weighted by Gasteiger charge is -2.05. The zero-order valence-electron chi connectivity index (χ0n) is 10.3. The van der Waals surface area contributed by atoms with Crippen LogP contribution in [0.4, 0.5) is 5.69 Å². The fourth-order valence-corrected chi connectivity index (χ4v) is 1.61. The summed E-state index contributed by atoms with van der Waals surface area (Å²) in [5, 5.41) is 11.4. The number of imidazole rings is 1. The smallest absolute Gasteiger partial charge is 0.335 e. The van der Waals surface area contributed by atoms with E-state index in [1.54, 1.807) is 29.1 Å². The van der Waals surface area contributed by atoms with Gasteiger partial charge in [0.1, 0.15) is 5.82 Å². The van der Waals surface area contributed by atoms with Gasteiger partial charge < -0.3 is 15.0 Å². The fraction of sp³-hybridized carbons (Fsp3) is 0.154. The van der Waals surface area contributed by atoms with Crippen LogP contribution < -0.4 is 5.32 Å². The predicted octanol–water partition coefficient (Wildman–Crippen LogP) is 1.30. The normalized spacial score (nSPS) is 10.2. The Balaban J connectivity index is 1.99. The highest BCUT2D eigenvalue weighted by atomic mass is 16.4. The third kappa shape index (κ3) is 3.19. The van der Waals surface area contributed by atoms with E-state index in [0.29, 0.717) is 11.5 Å². The van der Waals surface area contributed by atoms with Crippen LogP contribution in [0.25, 0.3) is 0 Å². The summed E-state index contributed by atoms with van der Waals surface area (Å²) in [6.07, 6.45) is 3.57. The topological polar surface area (TPSA) is 84.2 Å². The Morgan fingerprint density at radius 3 is 2.53 bits per heavy atom. The Morgan fingerprint density at radius 1 is 1.32 bits per heavy atom. The van der Waals surface area contributed by atoms with Gasteiger partial charge in [-0.15, -0.1) is 0 Å². The summed E-state index contributed by atoms with van der Waals surface area (Å²) in [7, 11) is 1.82. The number of nitrogens with one attached hydrogen (secondary N) is 1. The first kappa shape index (κ1) is 12.8. The van der Waals surface area contributed by atoms with E-state index in [4.69, 9.17) is 5.11 Å². The van der Waals surface area contributed by atoms with Gasteiger partial charge in [-0.2, -0.15) is 0 Å². The number of anilines is 1. The number of carboxylic acids is 1. The van der Waals surface area contributed by atoms with E-state index in [0.717, 1.165) is 0 Å². The lowest BCUT2D eigenvalue weighted by Crippen LogP contribution is -2.16. The first-order chi connectivity index (χ1) is 9.06. The highest BCUT2D eigenvalue weighted by Crippen LogP contribution is 2.10. The average molecular weight is 259 g/mol. The maximum Gasteiger partial charge on any atom is 0.335 e. The number of rotatable bonds is 4. The van der Waals surface area contributed by atoms with Crippen LogP contribution in [0.15, 0.2) is 36.7 Å². The standard InChI is InChI=1S/C13H13N3O3/c1-16-7-6-14-11(16)8-12(17)15-10-4-2-9(3-5-10)13(18)19/h2-7H,8H2,1H3,(H,15,17)(H,18,19). The molecule has 98 valence electrons. The Bertz CT molecular complexity index is 602. The first-order valence-electron chi connectivity index (χ1n) is 5.65. The molecule has 6 nitrogen and oxygen atoms in total. The summed E-state index contributed by atoms with van der Waals surface area (Å²) in [6, 6.07) is 6.00. The van der Waals surface area contributed by atoms with Crippen molar-refractivity contribution >= 4 is 17.6 Å². The fourth-order valence-electron chi connectivity index (χ4n) is 1.61. The Labute approximate surface area is 109 Å².